The molecular formula is C21H44O4SSi. The highest BCUT2D eigenvalue weighted by Gasteiger charge is 2.39. The molecule has 0 radical (unpaired) electrons. The molecule has 0 aromatic heterocycles. The topological polar surface area (TPSA) is 44.8 Å². The Morgan fingerprint density at radius 2 is 1.19 bits per heavy atom. The summed E-state index contributed by atoms with van der Waals surface area (Å²) in [6.07, 6.45) is 13.2. The highest BCUT2D eigenvalue weighted by molar-refractivity contribution is 8.13. The van der Waals surface area contributed by atoms with Crippen molar-refractivity contribution >= 4 is 25.7 Å². The fourth-order valence-corrected chi connectivity index (χ4v) is 6.80. The smallest absolute Gasteiger partial charge is 0.374 e. The van der Waals surface area contributed by atoms with Crippen molar-refractivity contribution in [3.05, 3.63) is 0 Å². The van der Waals surface area contributed by atoms with Gasteiger partial charge in [0.2, 0.25) is 0 Å². The molecule has 0 saturated heterocycles. The number of hydrogen-bond donors (Lipinski definition) is 0. The van der Waals surface area contributed by atoms with Gasteiger partial charge in [0, 0.05) is 38.0 Å². The Kier molecular flexibility index (Phi) is 19.5. The fourth-order valence-electron chi connectivity index (χ4n) is 3.13. The molecule has 0 N–H and O–H groups in total. The molecule has 0 bridgehead atoms. The maximum Gasteiger partial charge on any atom is 0.500 e. The van der Waals surface area contributed by atoms with Gasteiger partial charge in [0.25, 0.3) is 0 Å². The van der Waals surface area contributed by atoms with E-state index in [1.807, 2.05) is 20.8 Å². The zero-order valence-electron chi connectivity index (χ0n) is 18.4. The molecule has 0 heterocycles. The molecule has 0 fully saturated rings. The van der Waals surface area contributed by atoms with E-state index in [0.717, 1.165) is 24.6 Å². The molecule has 0 saturated carbocycles. The van der Waals surface area contributed by atoms with E-state index >= 15 is 0 Å². The molecular weight excluding hydrogens is 376 g/mol. The molecule has 0 aliphatic rings. The maximum atomic E-state index is 12.0. The molecule has 0 aliphatic heterocycles. The molecule has 0 aromatic rings. The first kappa shape index (κ1) is 27.1. The monoisotopic (exact) mass is 420 g/mol. The molecule has 27 heavy (non-hydrogen) atoms. The van der Waals surface area contributed by atoms with Crippen molar-refractivity contribution < 1.29 is 18.1 Å². The maximum absolute atomic E-state index is 12.0. The van der Waals surface area contributed by atoms with Crippen LogP contribution in [0, 0.1) is 0 Å². The van der Waals surface area contributed by atoms with Crippen molar-refractivity contribution in [3.63, 3.8) is 0 Å². The summed E-state index contributed by atoms with van der Waals surface area (Å²) in [7, 11) is -2.54. The summed E-state index contributed by atoms with van der Waals surface area (Å²) in [4.78, 5) is 12.0. The first-order chi connectivity index (χ1) is 13.1. The van der Waals surface area contributed by atoms with Crippen LogP contribution in [-0.4, -0.2) is 39.5 Å². The second kappa shape index (κ2) is 19.4. The van der Waals surface area contributed by atoms with E-state index in [0.29, 0.717) is 31.4 Å². The van der Waals surface area contributed by atoms with Crippen LogP contribution >= 0.6 is 11.8 Å². The standard InChI is InChI=1S/C21H44O4SSi/c1-5-9-10-11-12-13-14-15-16-18-21(22)26-19-17-20-27(23-6-2,24-7-3)25-8-4/h5-20H2,1-4H3. The van der Waals surface area contributed by atoms with Crippen molar-refractivity contribution in [1.29, 1.82) is 0 Å². The van der Waals surface area contributed by atoms with Crippen LogP contribution in [0.1, 0.15) is 98.3 Å². The molecule has 162 valence electrons. The average molecular weight is 421 g/mol. The van der Waals surface area contributed by atoms with Crippen molar-refractivity contribution in [2.75, 3.05) is 25.6 Å². The summed E-state index contributed by atoms with van der Waals surface area (Å²) in [5, 5.41) is 0.328. The molecule has 0 spiro atoms. The highest BCUT2D eigenvalue weighted by Crippen LogP contribution is 2.21. The van der Waals surface area contributed by atoms with Crippen LogP contribution < -0.4 is 0 Å². The van der Waals surface area contributed by atoms with Gasteiger partial charge in [-0.2, -0.15) is 0 Å². The van der Waals surface area contributed by atoms with Gasteiger partial charge in [-0.15, -0.1) is 0 Å². The lowest BCUT2D eigenvalue weighted by Gasteiger charge is -2.28. The molecule has 0 aromatic carbocycles. The van der Waals surface area contributed by atoms with E-state index in [1.54, 1.807) is 0 Å². The van der Waals surface area contributed by atoms with Gasteiger partial charge in [-0.1, -0.05) is 70.1 Å². The molecule has 0 aliphatic carbocycles. The third kappa shape index (κ3) is 15.7. The zero-order chi connectivity index (χ0) is 20.2. The SMILES string of the molecule is CCCCCCCCCCCC(=O)SCCC[Si](OCC)(OCC)OCC. The predicted octanol–water partition coefficient (Wildman–Crippen LogP) is 6.61. The normalized spacial score (nSPS) is 11.9. The van der Waals surface area contributed by atoms with Gasteiger partial charge in [-0.3, -0.25) is 4.79 Å². The predicted molar refractivity (Wildman–Crippen MR) is 119 cm³/mol. The zero-order valence-corrected chi connectivity index (χ0v) is 20.2. The quantitative estimate of drug-likeness (QED) is 0.164. The Morgan fingerprint density at radius 3 is 1.67 bits per heavy atom. The lowest BCUT2D eigenvalue weighted by atomic mass is 10.1. The van der Waals surface area contributed by atoms with E-state index < -0.39 is 8.80 Å². The van der Waals surface area contributed by atoms with E-state index in [9.17, 15) is 4.79 Å². The van der Waals surface area contributed by atoms with Crippen molar-refractivity contribution in [2.45, 2.75) is 104 Å². The van der Waals surface area contributed by atoms with Gasteiger partial charge in [0.1, 0.15) is 0 Å². The number of rotatable bonds is 20. The summed E-state index contributed by atoms with van der Waals surface area (Å²) in [5.74, 6) is 0.832. The van der Waals surface area contributed by atoms with E-state index in [4.69, 9.17) is 13.3 Å². The highest BCUT2D eigenvalue weighted by atomic mass is 32.2. The van der Waals surface area contributed by atoms with Gasteiger partial charge in [0.05, 0.1) is 0 Å². The largest absolute Gasteiger partial charge is 0.500 e. The van der Waals surface area contributed by atoms with E-state index in [2.05, 4.69) is 6.92 Å². The van der Waals surface area contributed by atoms with Crippen LogP contribution in [0.15, 0.2) is 0 Å². The van der Waals surface area contributed by atoms with Gasteiger partial charge in [-0.05, 0) is 33.6 Å². The van der Waals surface area contributed by atoms with Crippen LogP contribution in [0.25, 0.3) is 0 Å². The number of carbonyl (C=O) groups is 1. The first-order valence-electron chi connectivity index (χ1n) is 11.2. The third-order valence-corrected chi connectivity index (χ3v) is 8.64. The summed E-state index contributed by atoms with van der Waals surface area (Å²) >= 11 is 1.47. The molecule has 0 atom stereocenters. The Bertz CT molecular complexity index is 325. The summed E-state index contributed by atoms with van der Waals surface area (Å²) in [6.45, 7) is 10.0. The van der Waals surface area contributed by atoms with Crippen LogP contribution in [0.2, 0.25) is 6.04 Å². The molecule has 0 rings (SSSR count). The second-order valence-electron chi connectivity index (χ2n) is 6.88. The molecule has 4 nitrogen and oxygen atoms in total. The minimum Gasteiger partial charge on any atom is -0.374 e. The molecule has 0 amide bonds. The van der Waals surface area contributed by atoms with Gasteiger partial charge >= 0.3 is 8.80 Å². The molecule has 0 unspecified atom stereocenters. The number of hydrogen-bond acceptors (Lipinski definition) is 5. The minimum atomic E-state index is -2.54. The fraction of sp³-hybridized carbons (Fsp3) is 0.952. The van der Waals surface area contributed by atoms with Gasteiger partial charge in [0.15, 0.2) is 5.12 Å². The van der Waals surface area contributed by atoms with Crippen LogP contribution in [0.3, 0.4) is 0 Å². The van der Waals surface area contributed by atoms with E-state index in [1.165, 1.54) is 63.1 Å². The molecule has 6 heteroatoms. The second-order valence-corrected chi connectivity index (χ2v) is 10.8. The van der Waals surface area contributed by atoms with Gasteiger partial charge < -0.3 is 13.3 Å². The lowest BCUT2D eigenvalue weighted by Crippen LogP contribution is -2.46. The Balaban J connectivity index is 3.74. The van der Waals surface area contributed by atoms with Crippen LogP contribution in [0.4, 0.5) is 0 Å². The van der Waals surface area contributed by atoms with Gasteiger partial charge in [-0.25, -0.2) is 0 Å². The third-order valence-electron chi connectivity index (χ3n) is 4.47. The minimum absolute atomic E-state index is 0.328. The van der Waals surface area contributed by atoms with Crippen molar-refractivity contribution in [3.8, 4) is 0 Å². The van der Waals surface area contributed by atoms with Crippen molar-refractivity contribution in [2.24, 2.45) is 0 Å². The Labute approximate surface area is 173 Å². The summed E-state index contributed by atoms with van der Waals surface area (Å²) in [6, 6.07) is 0.792. The van der Waals surface area contributed by atoms with Crippen molar-refractivity contribution in [1.82, 2.24) is 0 Å². The number of carbonyl (C=O) groups excluding carboxylic acids is 1. The Hall–Kier alpha value is 0.117. The van der Waals surface area contributed by atoms with Crippen LogP contribution in [0.5, 0.6) is 0 Å². The Morgan fingerprint density at radius 1 is 0.704 bits per heavy atom. The number of thioether (sulfide) groups is 1. The lowest BCUT2D eigenvalue weighted by molar-refractivity contribution is -0.111. The van der Waals surface area contributed by atoms with Crippen LogP contribution in [-0.2, 0) is 18.1 Å². The first-order valence-corrected chi connectivity index (χ1v) is 14.1. The number of unbranched alkanes of at least 4 members (excludes halogenated alkanes) is 8. The average Bonchev–Trinajstić information content (AvgIpc) is 2.64. The summed E-state index contributed by atoms with van der Waals surface area (Å²) < 4.78 is 17.6. The summed E-state index contributed by atoms with van der Waals surface area (Å²) in [5.41, 5.74) is 0. The van der Waals surface area contributed by atoms with E-state index in [-0.39, 0.29) is 0 Å².